The molecule has 3 saturated heterocycles. The molecule has 8 nitrogen and oxygen atoms in total. The van der Waals surface area contributed by atoms with E-state index in [-0.39, 0.29) is 11.6 Å². The SMILES string of the molecule is C=CCC(CC)(C(=O)c1ccc(N2CCOCC2)cc1)N1CCN(C(CC)(CC=C)C(=O)c2ccc(N3CCOCC3)cc2)CC1. The van der Waals surface area contributed by atoms with E-state index in [1.165, 1.54) is 0 Å². The van der Waals surface area contributed by atoms with Gasteiger partial charge in [0.05, 0.1) is 37.5 Å². The summed E-state index contributed by atoms with van der Waals surface area (Å²) in [5, 5.41) is 0. The van der Waals surface area contributed by atoms with Crippen LogP contribution in [0.4, 0.5) is 11.4 Å². The lowest BCUT2D eigenvalue weighted by molar-refractivity contribution is -0.00544. The number of hydrogen-bond acceptors (Lipinski definition) is 8. The Labute approximate surface area is 275 Å². The molecule has 5 rings (SSSR count). The molecule has 2 atom stereocenters. The average Bonchev–Trinajstić information content (AvgIpc) is 3.13. The largest absolute Gasteiger partial charge is 0.378 e. The number of carbonyl (C=O) groups is 2. The van der Waals surface area contributed by atoms with Gasteiger partial charge in [0.25, 0.3) is 0 Å². The molecule has 0 saturated carbocycles. The number of hydrogen-bond donors (Lipinski definition) is 0. The van der Waals surface area contributed by atoms with Gasteiger partial charge in [0, 0.05) is 74.9 Å². The third-order valence-electron chi connectivity index (χ3n) is 10.5. The first-order valence-corrected chi connectivity index (χ1v) is 17.1. The van der Waals surface area contributed by atoms with Gasteiger partial charge >= 0.3 is 0 Å². The zero-order chi connectivity index (χ0) is 32.6. The quantitative estimate of drug-likeness (QED) is 0.201. The maximum absolute atomic E-state index is 14.3. The number of Topliss-reactive ketones (excluding diaryl/α,β-unsaturated/α-hetero) is 2. The van der Waals surface area contributed by atoms with E-state index in [2.05, 4.69) is 70.9 Å². The summed E-state index contributed by atoms with van der Waals surface area (Å²) >= 11 is 0. The first-order chi connectivity index (χ1) is 22.4. The molecule has 2 aromatic rings. The van der Waals surface area contributed by atoms with E-state index in [4.69, 9.17) is 9.47 Å². The molecule has 0 aromatic heterocycles. The van der Waals surface area contributed by atoms with Gasteiger partial charge in [-0.1, -0.05) is 26.0 Å². The van der Waals surface area contributed by atoms with Crippen molar-refractivity contribution in [1.82, 2.24) is 9.80 Å². The number of morpholine rings is 2. The average molecular weight is 629 g/mol. The molecular formula is C38H52N4O4. The second-order valence-electron chi connectivity index (χ2n) is 12.7. The minimum atomic E-state index is -0.680. The van der Waals surface area contributed by atoms with Crippen LogP contribution in [0.15, 0.2) is 73.8 Å². The third kappa shape index (κ3) is 6.86. The number of ether oxygens (including phenoxy) is 2. The Balaban J connectivity index is 1.32. The number of rotatable bonds is 14. The molecule has 3 fully saturated rings. The van der Waals surface area contributed by atoms with Crippen LogP contribution in [-0.2, 0) is 9.47 Å². The Bertz CT molecular complexity index is 1220. The highest BCUT2D eigenvalue weighted by Gasteiger charge is 2.47. The van der Waals surface area contributed by atoms with Crippen LogP contribution < -0.4 is 9.80 Å². The highest BCUT2D eigenvalue weighted by atomic mass is 16.5. The standard InChI is InChI=1S/C38H52N4O4/c1-5-17-37(7-3,35(43)31-9-13-33(14-10-31)39-23-27-45-28-24-39)41-19-21-42(22-20-41)38(8-4,18-6-2)36(44)32-11-15-34(16-12-32)40-25-29-46-30-26-40/h5-6,9-16H,1-2,7-8,17-30H2,3-4H3. The van der Waals surface area contributed by atoms with E-state index in [1.54, 1.807) is 0 Å². The van der Waals surface area contributed by atoms with Gasteiger partial charge in [-0.25, -0.2) is 0 Å². The van der Waals surface area contributed by atoms with E-state index in [0.29, 0.717) is 51.9 Å². The second-order valence-corrected chi connectivity index (χ2v) is 12.7. The Morgan fingerprint density at radius 3 is 1.22 bits per heavy atom. The predicted octanol–water partition coefficient (Wildman–Crippen LogP) is 5.49. The summed E-state index contributed by atoms with van der Waals surface area (Å²) in [7, 11) is 0. The first kappa shape index (κ1) is 34.0. The lowest BCUT2D eigenvalue weighted by Crippen LogP contribution is -2.65. The summed E-state index contributed by atoms with van der Waals surface area (Å²) in [4.78, 5) is 38.0. The highest BCUT2D eigenvalue weighted by Crippen LogP contribution is 2.35. The summed E-state index contributed by atoms with van der Waals surface area (Å²) in [5.74, 6) is 0.280. The van der Waals surface area contributed by atoms with Gasteiger partial charge in [0.2, 0.25) is 0 Å². The zero-order valence-electron chi connectivity index (χ0n) is 27.9. The molecule has 8 heteroatoms. The van der Waals surface area contributed by atoms with Crippen LogP contribution in [0, 0.1) is 0 Å². The van der Waals surface area contributed by atoms with Gasteiger partial charge in [0.1, 0.15) is 0 Å². The van der Waals surface area contributed by atoms with Crippen molar-refractivity contribution in [2.24, 2.45) is 0 Å². The molecule has 3 aliphatic heterocycles. The minimum absolute atomic E-state index is 0.140. The van der Waals surface area contributed by atoms with E-state index < -0.39 is 11.1 Å². The molecule has 0 bridgehead atoms. The molecule has 248 valence electrons. The molecule has 0 amide bonds. The van der Waals surface area contributed by atoms with Crippen LogP contribution in [-0.4, -0.2) is 111 Å². The molecule has 2 unspecified atom stereocenters. The topological polar surface area (TPSA) is 65.6 Å². The summed E-state index contributed by atoms with van der Waals surface area (Å²) in [6.07, 6.45) is 6.29. The fraction of sp³-hybridized carbons (Fsp3) is 0.526. The maximum atomic E-state index is 14.3. The van der Waals surface area contributed by atoms with Gasteiger partial charge in [-0.15, -0.1) is 13.2 Å². The van der Waals surface area contributed by atoms with Gasteiger partial charge in [-0.2, -0.15) is 0 Å². The fourth-order valence-corrected chi connectivity index (χ4v) is 7.66. The van der Waals surface area contributed by atoms with Crippen molar-refractivity contribution in [2.75, 3.05) is 88.6 Å². The lowest BCUT2D eigenvalue weighted by Gasteiger charge is -2.51. The van der Waals surface area contributed by atoms with E-state index in [0.717, 1.165) is 75.1 Å². The van der Waals surface area contributed by atoms with Crippen LogP contribution in [0.2, 0.25) is 0 Å². The molecule has 2 aromatic carbocycles. The van der Waals surface area contributed by atoms with E-state index in [9.17, 15) is 9.59 Å². The van der Waals surface area contributed by atoms with Crippen molar-refractivity contribution in [3.63, 3.8) is 0 Å². The molecule has 0 N–H and O–H groups in total. The molecule has 0 spiro atoms. The maximum Gasteiger partial charge on any atom is 0.183 e. The summed E-state index contributed by atoms with van der Waals surface area (Å²) < 4.78 is 11.0. The molecule has 3 heterocycles. The first-order valence-electron chi connectivity index (χ1n) is 17.1. The molecule has 3 aliphatic rings. The van der Waals surface area contributed by atoms with Crippen LogP contribution in [0.25, 0.3) is 0 Å². The number of nitrogens with zero attached hydrogens (tertiary/aromatic N) is 4. The zero-order valence-corrected chi connectivity index (χ0v) is 27.9. The number of ketones is 2. The van der Waals surface area contributed by atoms with Crippen molar-refractivity contribution in [1.29, 1.82) is 0 Å². The Morgan fingerprint density at radius 1 is 0.609 bits per heavy atom. The Morgan fingerprint density at radius 2 is 0.935 bits per heavy atom. The fourth-order valence-electron chi connectivity index (χ4n) is 7.66. The Kier molecular flexibility index (Phi) is 11.5. The highest BCUT2D eigenvalue weighted by molar-refractivity contribution is 6.04. The number of anilines is 2. The number of piperazine rings is 1. The van der Waals surface area contributed by atoms with Gasteiger partial charge in [-0.05, 0) is 74.2 Å². The molecule has 0 radical (unpaired) electrons. The van der Waals surface area contributed by atoms with Crippen LogP contribution in [0.3, 0.4) is 0 Å². The Hall–Kier alpha value is -3.30. The van der Waals surface area contributed by atoms with Gasteiger partial charge in [0.15, 0.2) is 11.6 Å². The predicted molar refractivity (Wildman–Crippen MR) is 186 cm³/mol. The molecular weight excluding hydrogens is 576 g/mol. The van der Waals surface area contributed by atoms with Gasteiger partial charge in [-0.3, -0.25) is 19.4 Å². The monoisotopic (exact) mass is 628 g/mol. The lowest BCUT2D eigenvalue weighted by atomic mass is 9.79. The van der Waals surface area contributed by atoms with Gasteiger partial charge < -0.3 is 19.3 Å². The normalized spacial score (nSPS) is 20.8. The van der Waals surface area contributed by atoms with Crippen molar-refractivity contribution < 1.29 is 19.1 Å². The smallest absolute Gasteiger partial charge is 0.183 e. The number of carbonyl (C=O) groups excluding carboxylic acids is 2. The minimum Gasteiger partial charge on any atom is -0.378 e. The van der Waals surface area contributed by atoms with Crippen LogP contribution in [0.1, 0.15) is 60.2 Å². The molecule has 46 heavy (non-hydrogen) atoms. The van der Waals surface area contributed by atoms with Crippen molar-refractivity contribution in [3.8, 4) is 0 Å². The summed E-state index contributed by atoms with van der Waals surface area (Å²) in [6.45, 7) is 21.4. The van der Waals surface area contributed by atoms with Crippen LogP contribution in [0.5, 0.6) is 0 Å². The molecule has 0 aliphatic carbocycles. The van der Waals surface area contributed by atoms with Crippen molar-refractivity contribution >= 4 is 22.9 Å². The third-order valence-corrected chi connectivity index (χ3v) is 10.5. The van der Waals surface area contributed by atoms with Crippen LogP contribution >= 0.6 is 0 Å². The van der Waals surface area contributed by atoms with Crippen molar-refractivity contribution in [2.45, 2.75) is 50.6 Å². The van der Waals surface area contributed by atoms with Crippen molar-refractivity contribution in [3.05, 3.63) is 85.0 Å². The van der Waals surface area contributed by atoms with E-state index in [1.807, 2.05) is 36.4 Å². The second kappa shape index (κ2) is 15.5. The van der Waals surface area contributed by atoms with E-state index >= 15 is 0 Å². The summed E-state index contributed by atoms with van der Waals surface area (Å²) in [5.41, 5.74) is 2.35. The number of benzene rings is 2. The summed E-state index contributed by atoms with van der Waals surface area (Å²) in [6, 6.07) is 16.2.